The van der Waals surface area contributed by atoms with E-state index < -0.39 is 0 Å². The van der Waals surface area contributed by atoms with Crippen LogP contribution in [0.5, 0.6) is 0 Å². The quantitative estimate of drug-likeness (QED) is 0.598. The minimum atomic E-state index is -0.315. The molecule has 0 atom stereocenters. The van der Waals surface area contributed by atoms with Crippen LogP contribution < -0.4 is 0 Å². The lowest BCUT2D eigenvalue weighted by molar-refractivity contribution is 0.101. The molecule has 0 saturated carbocycles. The van der Waals surface area contributed by atoms with Gasteiger partial charge in [-0.25, -0.2) is 4.39 Å². The van der Waals surface area contributed by atoms with Crippen LogP contribution >= 0.6 is 12.4 Å². The Bertz CT molecular complexity index is 243. The number of hydrogen-bond acceptors (Lipinski definition) is 1. The number of Topliss-reactive ketones (excluding diaryl/α,β-unsaturated/α-hetero) is 1. The van der Waals surface area contributed by atoms with E-state index in [4.69, 9.17) is 0 Å². The lowest BCUT2D eigenvalue weighted by Crippen LogP contribution is -1.90. The van der Waals surface area contributed by atoms with Gasteiger partial charge >= 0.3 is 0 Å². The first-order valence-electron chi connectivity index (χ1n) is 2.96. The summed E-state index contributed by atoms with van der Waals surface area (Å²) in [5.41, 5.74) is 0.543. The van der Waals surface area contributed by atoms with Crippen molar-refractivity contribution in [2.75, 3.05) is 0 Å². The molecule has 0 heterocycles. The summed E-state index contributed by atoms with van der Waals surface area (Å²) in [7, 11) is 0. The molecule has 60 valence electrons. The van der Waals surface area contributed by atoms with Crippen molar-refractivity contribution in [3.05, 3.63) is 35.6 Å². The maximum atomic E-state index is 12.2. The van der Waals surface area contributed by atoms with Gasteiger partial charge in [-0.05, 0) is 31.2 Å². The van der Waals surface area contributed by atoms with E-state index in [0.29, 0.717) is 5.56 Å². The lowest BCUT2D eigenvalue weighted by atomic mass is 10.1. The number of ketones is 1. The molecule has 0 bridgehead atoms. The number of carbonyl (C=O) groups is 1. The van der Waals surface area contributed by atoms with Crippen LogP contribution in [0.4, 0.5) is 4.39 Å². The Morgan fingerprint density at radius 3 is 2.09 bits per heavy atom. The third kappa shape index (κ3) is 2.68. The SMILES string of the molecule is CC(=O)c1ccc(F)cc1.Cl. The molecule has 0 radical (unpaired) electrons. The molecule has 1 nitrogen and oxygen atoms in total. The Morgan fingerprint density at radius 1 is 1.27 bits per heavy atom. The molecule has 0 saturated heterocycles. The zero-order chi connectivity index (χ0) is 7.56. The Hall–Kier alpha value is -0.890. The molecular formula is C8H8ClFO. The number of rotatable bonds is 1. The molecule has 1 aromatic carbocycles. The summed E-state index contributed by atoms with van der Waals surface area (Å²) in [6.45, 7) is 1.45. The molecule has 1 aromatic rings. The second-order valence-electron chi connectivity index (χ2n) is 2.06. The predicted molar refractivity (Wildman–Crippen MR) is 43.7 cm³/mol. The molecule has 0 fully saturated rings. The van der Waals surface area contributed by atoms with E-state index in [0.717, 1.165) is 0 Å². The molecule has 0 spiro atoms. The van der Waals surface area contributed by atoms with E-state index in [1.807, 2.05) is 0 Å². The molecule has 0 aliphatic rings. The summed E-state index contributed by atoms with van der Waals surface area (Å²) in [6, 6.07) is 5.49. The predicted octanol–water partition coefficient (Wildman–Crippen LogP) is 2.45. The highest BCUT2D eigenvalue weighted by Crippen LogP contribution is 2.02. The third-order valence-corrected chi connectivity index (χ3v) is 1.25. The van der Waals surface area contributed by atoms with Crippen LogP contribution in [0.2, 0.25) is 0 Å². The molecule has 3 heteroatoms. The monoisotopic (exact) mass is 174 g/mol. The van der Waals surface area contributed by atoms with Gasteiger partial charge in [-0.2, -0.15) is 0 Å². The molecule has 0 aromatic heterocycles. The highest BCUT2D eigenvalue weighted by molar-refractivity contribution is 5.93. The second-order valence-corrected chi connectivity index (χ2v) is 2.06. The fourth-order valence-electron chi connectivity index (χ4n) is 0.685. The summed E-state index contributed by atoms with van der Waals surface area (Å²) in [4.78, 5) is 10.6. The number of carbonyl (C=O) groups excluding carboxylic acids is 1. The number of hydrogen-bond donors (Lipinski definition) is 0. The van der Waals surface area contributed by atoms with Crippen molar-refractivity contribution in [1.82, 2.24) is 0 Å². The fourth-order valence-corrected chi connectivity index (χ4v) is 0.685. The summed E-state index contributed by atoms with van der Waals surface area (Å²) in [5.74, 6) is -0.356. The van der Waals surface area contributed by atoms with Crippen LogP contribution in [0, 0.1) is 5.82 Å². The van der Waals surface area contributed by atoms with Crippen molar-refractivity contribution in [2.45, 2.75) is 6.92 Å². The molecule has 1 rings (SSSR count). The van der Waals surface area contributed by atoms with Crippen molar-refractivity contribution in [2.24, 2.45) is 0 Å². The summed E-state index contributed by atoms with van der Waals surface area (Å²) in [6.07, 6.45) is 0. The van der Waals surface area contributed by atoms with Gasteiger partial charge in [0, 0.05) is 5.56 Å². The molecule has 0 amide bonds. The normalized spacial score (nSPS) is 8.55. The van der Waals surface area contributed by atoms with Crippen molar-refractivity contribution >= 4 is 18.2 Å². The highest BCUT2D eigenvalue weighted by Gasteiger charge is 1.96. The average molecular weight is 175 g/mol. The van der Waals surface area contributed by atoms with Crippen LogP contribution in [0.1, 0.15) is 17.3 Å². The minimum Gasteiger partial charge on any atom is -0.295 e. The average Bonchev–Trinajstić information content (AvgIpc) is 1.88. The van der Waals surface area contributed by atoms with Crippen LogP contribution in [0.25, 0.3) is 0 Å². The molecule has 0 aliphatic heterocycles. The largest absolute Gasteiger partial charge is 0.295 e. The van der Waals surface area contributed by atoms with Crippen LogP contribution in [0.15, 0.2) is 24.3 Å². The van der Waals surface area contributed by atoms with Gasteiger partial charge in [-0.1, -0.05) is 0 Å². The van der Waals surface area contributed by atoms with E-state index in [2.05, 4.69) is 0 Å². The van der Waals surface area contributed by atoms with E-state index >= 15 is 0 Å². The highest BCUT2D eigenvalue weighted by atomic mass is 35.5. The molecular weight excluding hydrogens is 167 g/mol. The summed E-state index contributed by atoms with van der Waals surface area (Å²) >= 11 is 0. The van der Waals surface area contributed by atoms with E-state index in [1.165, 1.54) is 31.2 Å². The topological polar surface area (TPSA) is 17.1 Å². The summed E-state index contributed by atoms with van der Waals surface area (Å²) < 4.78 is 12.2. The first-order chi connectivity index (χ1) is 4.70. The van der Waals surface area contributed by atoms with Gasteiger partial charge in [0.25, 0.3) is 0 Å². The van der Waals surface area contributed by atoms with Crippen molar-refractivity contribution in [3.8, 4) is 0 Å². The van der Waals surface area contributed by atoms with Gasteiger partial charge < -0.3 is 0 Å². The second kappa shape index (κ2) is 4.09. The van der Waals surface area contributed by atoms with Gasteiger partial charge in [-0.15, -0.1) is 12.4 Å². The zero-order valence-corrected chi connectivity index (χ0v) is 6.82. The van der Waals surface area contributed by atoms with Crippen LogP contribution in [-0.4, -0.2) is 5.78 Å². The Balaban J connectivity index is 0.000001000. The minimum absolute atomic E-state index is 0. The standard InChI is InChI=1S/C8H7FO.ClH/c1-6(10)7-2-4-8(9)5-3-7;/h2-5H,1H3;1H. The van der Waals surface area contributed by atoms with Gasteiger partial charge in [0.1, 0.15) is 5.82 Å². The first kappa shape index (κ1) is 10.1. The number of benzene rings is 1. The van der Waals surface area contributed by atoms with Crippen molar-refractivity contribution in [1.29, 1.82) is 0 Å². The Morgan fingerprint density at radius 2 is 1.73 bits per heavy atom. The van der Waals surface area contributed by atoms with Crippen molar-refractivity contribution in [3.63, 3.8) is 0 Å². The Labute approximate surface area is 70.6 Å². The zero-order valence-electron chi connectivity index (χ0n) is 6.00. The maximum absolute atomic E-state index is 12.2. The molecule has 0 N–H and O–H groups in total. The molecule has 11 heavy (non-hydrogen) atoms. The first-order valence-corrected chi connectivity index (χ1v) is 2.96. The molecule has 0 unspecified atom stereocenters. The molecule has 0 aliphatic carbocycles. The maximum Gasteiger partial charge on any atom is 0.159 e. The smallest absolute Gasteiger partial charge is 0.159 e. The van der Waals surface area contributed by atoms with Crippen LogP contribution in [-0.2, 0) is 0 Å². The van der Waals surface area contributed by atoms with E-state index in [-0.39, 0.29) is 24.0 Å². The lowest BCUT2D eigenvalue weighted by Gasteiger charge is -1.91. The van der Waals surface area contributed by atoms with Gasteiger partial charge in [-0.3, -0.25) is 4.79 Å². The number of halogens is 2. The van der Waals surface area contributed by atoms with E-state index in [1.54, 1.807) is 0 Å². The Kier molecular flexibility index (Phi) is 3.76. The van der Waals surface area contributed by atoms with E-state index in [9.17, 15) is 9.18 Å². The van der Waals surface area contributed by atoms with Gasteiger partial charge in [0.2, 0.25) is 0 Å². The van der Waals surface area contributed by atoms with Crippen molar-refractivity contribution < 1.29 is 9.18 Å². The van der Waals surface area contributed by atoms with Gasteiger partial charge in [0.15, 0.2) is 5.78 Å². The third-order valence-electron chi connectivity index (χ3n) is 1.25. The van der Waals surface area contributed by atoms with Crippen LogP contribution in [0.3, 0.4) is 0 Å². The fraction of sp³-hybridized carbons (Fsp3) is 0.125. The van der Waals surface area contributed by atoms with Gasteiger partial charge in [0.05, 0.1) is 0 Å². The summed E-state index contributed by atoms with van der Waals surface area (Å²) in [5, 5.41) is 0.